The van der Waals surface area contributed by atoms with Crippen molar-refractivity contribution in [2.24, 2.45) is 0 Å². The van der Waals surface area contributed by atoms with Crippen molar-refractivity contribution in [3.05, 3.63) is 106 Å². The zero-order chi connectivity index (χ0) is 37.0. The molecule has 2 aliphatic heterocycles. The number of hydrogen-bond donors (Lipinski definition) is 1. The Labute approximate surface area is 338 Å². The molecular formula is C40H51ClN2NaO6S2+. The van der Waals surface area contributed by atoms with Crippen molar-refractivity contribution in [2.45, 2.75) is 96.3 Å². The Morgan fingerprint density at radius 2 is 1.48 bits per heavy atom. The molecule has 276 valence electrons. The van der Waals surface area contributed by atoms with Gasteiger partial charge in [-0.25, -0.2) is 8.42 Å². The second-order valence-electron chi connectivity index (χ2n) is 14.9. The first kappa shape index (κ1) is 42.7. The predicted molar refractivity (Wildman–Crippen MR) is 207 cm³/mol. The minimum Gasteiger partial charge on any atom is -0.748 e. The van der Waals surface area contributed by atoms with Gasteiger partial charge < -0.3 is 9.45 Å². The van der Waals surface area contributed by atoms with Gasteiger partial charge in [-0.15, -0.1) is 0 Å². The summed E-state index contributed by atoms with van der Waals surface area (Å²) in [4.78, 5) is 2.34. The number of unbranched alkanes of at least 4 members (excludes halogenated alkanes) is 4. The predicted octanol–water partition coefficient (Wildman–Crippen LogP) is 5.68. The van der Waals surface area contributed by atoms with Crippen molar-refractivity contribution in [1.29, 1.82) is 0 Å². The van der Waals surface area contributed by atoms with Crippen LogP contribution in [0.25, 0.3) is 0 Å². The van der Waals surface area contributed by atoms with Crippen LogP contribution in [0.1, 0.15) is 96.6 Å². The number of hydrogen-bond acceptors (Lipinski definition) is 6. The van der Waals surface area contributed by atoms with Crippen LogP contribution in [0.2, 0.25) is 0 Å². The molecule has 0 fully saturated rings. The van der Waals surface area contributed by atoms with Gasteiger partial charge in [0.25, 0.3) is 10.1 Å². The monoisotopic (exact) mass is 777 g/mol. The van der Waals surface area contributed by atoms with Gasteiger partial charge in [-0.2, -0.15) is 13.0 Å². The molecule has 0 spiro atoms. The van der Waals surface area contributed by atoms with Crippen molar-refractivity contribution in [3.63, 3.8) is 0 Å². The number of fused-ring (bicyclic) bond motifs is 2. The summed E-state index contributed by atoms with van der Waals surface area (Å²) in [7, 11) is -8.16. The van der Waals surface area contributed by atoms with Gasteiger partial charge in [-0.3, -0.25) is 4.55 Å². The molecule has 0 bridgehead atoms. The Bertz CT molecular complexity index is 2010. The van der Waals surface area contributed by atoms with Crippen LogP contribution in [0.15, 0.2) is 94.7 Å². The summed E-state index contributed by atoms with van der Waals surface area (Å²) in [5.74, 6) is -0.544. The molecule has 0 amide bonds. The van der Waals surface area contributed by atoms with Gasteiger partial charge in [0.1, 0.15) is 6.54 Å². The van der Waals surface area contributed by atoms with Gasteiger partial charge in [-0.05, 0) is 87.6 Å². The number of benzene rings is 2. The zero-order valence-electron chi connectivity index (χ0n) is 31.2. The molecular weight excluding hydrogens is 727 g/mol. The number of allylic oxidation sites excluding steroid dienone is 8. The van der Waals surface area contributed by atoms with E-state index < -0.39 is 20.2 Å². The van der Waals surface area contributed by atoms with Crippen LogP contribution < -0.4 is 34.5 Å². The van der Waals surface area contributed by atoms with E-state index in [2.05, 4.69) is 97.9 Å². The Hall–Kier alpha value is -2.02. The first-order valence-corrected chi connectivity index (χ1v) is 21.6. The fraction of sp³-hybridized carbons (Fsp3) is 0.475. The molecule has 2 aromatic carbocycles. The summed E-state index contributed by atoms with van der Waals surface area (Å²) in [6.07, 6.45) is 15.2. The molecule has 3 aliphatic rings. The van der Waals surface area contributed by atoms with Gasteiger partial charge in [0.05, 0.1) is 21.3 Å². The number of nitrogens with zero attached hydrogens (tertiary/aromatic N) is 2. The van der Waals surface area contributed by atoms with E-state index in [1.54, 1.807) is 0 Å². The number of anilines is 1. The molecule has 0 aromatic heterocycles. The Kier molecular flexibility index (Phi) is 14.5. The molecule has 0 atom stereocenters. The minimum absolute atomic E-state index is 0. The quantitative estimate of drug-likeness (QED) is 0.107. The van der Waals surface area contributed by atoms with Gasteiger partial charge in [0.2, 0.25) is 5.69 Å². The van der Waals surface area contributed by atoms with Crippen LogP contribution >= 0.6 is 11.6 Å². The van der Waals surface area contributed by atoms with E-state index in [4.69, 9.17) is 16.2 Å². The third-order valence-corrected chi connectivity index (χ3v) is 12.6. The minimum atomic E-state index is -4.20. The average Bonchev–Trinajstić information content (AvgIpc) is 3.40. The van der Waals surface area contributed by atoms with E-state index in [1.807, 2.05) is 12.1 Å². The molecule has 0 radical (unpaired) electrons. The van der Waals surface area contributed by atoms with E-state index in [-0.39, 0.29) is 51.9 Å². The maximum Gasteiger partial charge on any atom is 1.00 e. The molecule has 5 rings (SSSR count). The van der Waals surface area contributed by atoms with E-state index in [0.29, 0.717) is 25.7 Å². The SMILES string of the molecule is CC1(C)C(=CC=C2CCCC(C=CC3=[N+](CCCCCS(=O)(=O)[O-])c4ccccc4C3(C)C)=C2Cl)N(CCCCCS(=O)(=O)O)c2ccccc21.[Na+]. The normalized spacial score (nSPS) is 19.9. The van der Waals surface area contributed by atoms with Crippen LogP contribution in [0.5, 0.6) is 0 Å². The van der Waals surface area contributed by atoms with Crippen LogP contribution in [-0.4, -0.2) is 60.8 Å². The first-order chi connectivity index (χ1) is 24.0. The largest absolute Gasteiger partial charge is 1.00 e. The molecule has 2 heterocycles. The molecule has 12 heteroatoms. The summed E-state index contributed by atoms with van der Waals surface area (Å²) >= 11 is 7.17. The smallest absolute Gasteiger partial charge is 0.748 e. The van der Waals surface area contributed by atoms with Crippen LogP contribution in [0.4, 0.5) is 11.4 Å². The number of para-hydroxylation sites is 2. The second kappa shape index (κ2) is 17.6. The molecule has 52 heavy (non-hydrogen) atoms. The molecule has 1 N–H and O–H groups in total. The summed E-state index contributed by atoms with van der Waals surface area (Å²) in [5, 5.41) is 0.777. The topological polar surface area (TPSA) is 118 Å². The summed E-state index contributed by atoms with van der Waals surface area (Å²) in [5.41, 5.74) is 8.85. The summed E-state index contributed by atoms with van der Waals surface area (Å²) in [6.45, 7) is 10.4. The molecule has 2 aromatic rings. The maximum absolute atomic E-state index is 11.2. The van der Waals surface area contributed by atoms with E-state index in [0.717, 1.165) is 78.5 Å². The number of rotatable bonds is 15. The zero-order valence-corrected chi connectivity index (χ0v) is 35.6. The molecule has 8 nitrogen and oxygen atoms in total. The van der Waals surface area contributed by atoms with Crippen molar-refractivity contribution in [1.82, 2.24) is 0 Å². The molecule has 0 saturated heterocycles. The first-order valence-electron chi connectivity index (χ1n) is 18.0. The van der Waals surface area contributed by atoms with Gasteiger partial charge in [0, 0.05) is 58.3 Å². The van der Waals surface area contributed by atoms with Gasteiger partial charge in [0.15, 0.2) is 5.71 Å². The third-order valence-electron chi connectivity index (χ3n) is 10.5. The van der Waals surface area contributed by atoms with Gasteiger partial charge in [-0.1, -0.05) is 80.4 Å². The Balaban J connectivity index is 0.00000605. The van der Waals surface area contributed by atoms with Crippen LogP contribution in [0, 0.1) is 0 Å². The fourth-order valence-corrected chi connectivity index (χ4v) is 9.23. The summed E-state index contributed by atoms with van der Waals surface area (Å²) in [6, 6.07) is 16.8. The third kappa shape index (κ3) is 10.2. The van der Waals surface area contributed by atoms with E-state index in [9.17, 15) is 21.4 Å². The molecule has 0 unspecified atom stereocenters. The van der Waals surface area contributed by atoms with Crippen LogP contribution in [0.3, 0.4) is 0 Å². The van der Waals surface area contributed by atoms with Crippen molar-refractivity contribution >= 4 is 48.9 Å². The van der Waals surface area contributed by atoms with Crippen molar-refractivity contribution < 1.29 is 60.1 Å². The summed E-state index contributed by atoms with van der Waals surface area (Å²) < 4.78 is 67.1. The fourth-order valence-electron chi connectivity index (χ4n) is 7.79. The molecule has 1 aliphatic carbocycles. The van der Waals surface area contributed by atoms with Crippen LogP contribution in [-0.2, 0) is 31.1 Å². The van der Waals surface area contributed by atoms with Gasteiger partial charge >= 0.3 is 29.6 Å². The van der Waals surface area contributed by atoms with Crippen molar-refractivity contribution in [3.8, 4) is 0 Å². The molecule has 0 saturated carbocycles. The Morgan fingerprint density at radius 3 is 2.19 bits per heavy atom. The second-order valence-corrected chi connectivity index (χ2v) is 18.4. The maximum atomic E-state index is 11.2. The van der Waals surface area contributed by atoms with E-state index >= 15 is 0 Å². The van der Waals surface area contributed by atoms with Crippen molar-refractivity contribution in [2.75, 3.05) is 29.5 Å². The standard InChI is InChI=1S/C40H51ClN2O6S2.Na/c1-39(2)32-18-7-9-20-34(32)42(26-11-5-13-28-50(44,45)46)36(39)24-22-30-16-15-17-31(38(30)41)23-25-37-40(3,4)33-19-8-10-21-35(33)43(37)27-12-6-14-29-51(47,48)49;/h7-10,18-25H,5-6,11-17,26-29H2,1-4H3,(H-,44,45,46,47,48,49);/q;+1. The average molecular weight is 778 g/mol. The Morgan fingerprint density at radius 1 is 0.827 bits per heavy atom. The van der Waals surface area contributed by atoms with E-state index in [1.165, 1.54) is 16.8 Å². The number of halogens is 1.